The van der Waals surface area contributed by atoms with Crippen LogP contribution in [0.2, 0.25) is 5.15 Å². The predicted octanol–water partition coefficient (Wildman–Crippen LogP) is 3.64. The molecule has 16 heavy (non-hydrogen) atoms. The second-order valence-corrected chi connectivity index (χ2v) is 5.50. The smallest absolute Gasteiger partial charge is 0.129 e. The number of hydrogen-bond donors (Lipinski definition) is 1. The van der Waals surface area contributed by atoms with Crippen LogP contribution in [0, 0.1) is 18.8 Å². The average Bonchev–Trinajstić information content (AvgIpc) is 3.11. The Kier molecular flexibility index (Phi) is 2.55. The molecule has 3 heteroatoms. The molecule has 1 aromatic heterocycles. The second kappa shape index (κ2) is 3.92. The topological polar surface area (TPSA) is 24.9 Å². The van der Waals surface area contributed by atoms with Gasteiger partial charge in [-0.25, -0.2) is 4.98 Å². The molecule has 1 N–H and O–H groups in total. The zero-order chi connectivity index (χ0) is 11.1. The van der Waals surface area contributed by atoms with Crippen LogP contribution in [0.1, 0.15) is 31.4 Å². The molecule has 2 nitrogen and oxygen atoms in total. The summed E-state index contributed by atoms with van der Waals surface area (Å²) in [7, 11) is 0. The number of pyridine rings is 1. The molecular formula is C13H17ClN2. The van der Waals surface area contributed by atoms with Gasteiger partial charge in [0.2, 0.25) is 0 Å². The van der Waals surface area contributed by atoms with Gasteiger partial charge in [-0.2, -0.15) is 0 Å². The van der Waals surface area contributed by atoms with Crippen molar-refractivity contribution in [3.8, 4) is 0 Å². The van der Waals surface area contributed by atoms with E-state index in [9.17, 15) is 0 Å². The zero-order valence-corrected chi connectivity index (χ0v) is 10.3. The third-order valence-electron chi connectivity index (χ3n) is 3.63. The van der Waals surface area contributed by atoms with Crippen LogP contribution in [0.25, 0.3) is 0 Å². The van der Waals surface area contributed by atoms with Gasteiger partial charge >= 0.3 is 0 Å². The molecule has 3 rings (SSSR count). The molecule has 0 saturated heterocycles. The van der Waals surface area contributed by atoms with Crippen LogP contribution in [0.15, 0.2) is 12.1 Å². The Balaban J connectivity index is 1.76. The summed E-state index contributed by atoms with van der Waals surface area (Å²) in [6.45, 7) is 2.02. The van der Waals surface area contributed by atoms with Crippen LogP contribution >= 0.6 is 11.6 Å². The molecule has 1 heterocycles. The summed E-state index contributed by atoms with van der Waals surface area (Å²) in [5.74, 6) is 1.81. The fourth-order valence-corrected chi connectivity index (χ4v) is 2.58. The number of nitrogens with zero attached hydrogens (tertiary/aromatic N) is 1. The lowest BCUT2D eigenvalue weighted by Crippen LogP contribution is -2.24. The van der Waals surface area contributed by atoms with E-state index < -0.39 is 0 Å². The van der Waals surface area contributed by atoms with Crippen molar-refractivity contribution in [2.24, 2.45) is 11.8 Å². The van der Waals surface area contributed by atoms with Crippen molar-refractivity contribution in [2.45, 2.75) is 38.6 Å². The molecule has 0 radical (unpaired) electrons. The molecule has 0 spiro atoms. The molecule has 0 amide bonds. The summed E-state index contributed by atoms with van der Waals surface area (Å²) in [6.07, 6.45) is 5.59. The Morgan fingerprint density at radius 3 is 2.38 bits per heavy atom. The van der Waals surface area contributed by atoms with Gasteiger partial charge in [-0.3, -0.25) is 0 Å². The summed E-state index contributed by atoms with van der Waals surface area (Å²) in [6, 6.07) is 4.61. The first kappa shape index (κ1) is 10.4. The number of hydrogen-bond acceptors (Lipinski definition) is 2. The number of anilines is 1. The quantitative estimate of drug-likeness (QED) is 0.808. The zero-order valence-electron chi connectivity index (χ0n) is 9.54. The Morgan fingerprint density at radius 2 is 1.88 bits per heavy atom. The van der Waals surface area contributed by atoms with Gasteiger partial charge in [-0.05, 0) is 56.6 Å². The molecule has 0 aliphatic heterocycles. The van der Waals surface area contributed by atoms with Gasteiger partial charge in [0.25, 0.3) is 0 Å². The van der Waals surface area contributed by atoms with Crippen LogP contribution in [-0.2, 0) is 0 Å². The van der Waals surface area contributed by atoms with Crippen LogP contribution in [0.5, 0.6) is 0 Å². The third-order valence-corrected chi connectivity index (χ3v) is 3.84. The van der Waals surface area contributed by atoms with Gasteiger partial charge in [0, 0.05) is 6.04 Å². The standard InChI is InChI=1S/C13H17ClN2/c1-8-11(6-7-12(14)15-8)16-13(9-2-3-9)10-4-5-10/h6-7,9-10,13,16H,2-5H2,1H3. The predicted molar refractivity (Wildman–Crippen MR) is 66.8 cm³/mol. The lowest BCUT2D eigenvalue weighted by Gasteiger charge is -2.20. The van der Waals surface area contributed by atoms with Crippen molar-refractivity contribution in [2.75, 3.05) is 5.32 Å². The maximum absolute atomic E-state index is 5.86. The molecule has 86 valence electrons. The summed E-state index contributed by atoms with van der Waals surface area (Å²) >= 11 is 5.86. The van der Waals surface area contributed by atoms with Crippen LogP contribution in [0.3, 0.4) is 0 Å². The highest BCUT2D eigenvalue weighted by Crippen LogP contribution is 2.46. The van der Waals surface area contributed by atoms with E-state index >= 15 is 0 Å². The largest absolute Gasteiger partial charge is 0.380 e. The normalized spacial score (nSPS) is 20.2. The van der Waals surface area contributed by atoms with Crippen molar-refractivity contribution in [3.63, 3.8) is 0 Å². The van der Waals surface area contributed by atoms with E-state index in [1.54, 1.807) is 0 Å². The van der Waals surface area contributed by atoms with Gasteiger partial charge in [-0.15, -0.1) is 0 Å². The number of halogens is 1. The van der Waals surface area contributed by atoms with E-state index in [2.05, 4.69) is 16.4 Å². The molecule has 0 unspecified atom stereocenters. The van der Waals surface area contributed by atoms with Crippen LogP contribution in [0.4, 0.5) is 5.69 Å². The molecule has 2 aliphatic rings. The van der Waals surface area contributed by atoms with Gasteiger partial charge in [0.1, 0.15) is 5.15 Å². The van der Waals surface area contributed by atoms with Crippen molar-refractivity contribution in [1.29, 1.82) is 0 Å². The van der Waals surface area contributed by atoms with Crippen molar-refractivity contribution < 1.29 is 0 Å². The van der Waals surface area contributed by atoms with E-state index in [0.29, 0.717) is 11.2 Å². The number of nitrogens with one attached hydrogen (secondary N) is 1. The van der Waals surface area contributed by atoms with E-state index in [1.165, 1.54) is 25.7 Å². The lowest BCUT2D eigenvalue weighted by atomic mass is 10.1. The number of aryl methyl sites for hydroxylation is 1. The van der Waals surface area contributed by atoms with Gasteiger partial charge in [0.15, 0.2) is 0 Å². The Bertz CT molecular complexity index is 385. The van der Waals surface area contributed by atoms with Gasteiger partial charge in [0.05, 0.1) is 11.4 Å². The molecule has 2 aliphatic carbocycles. The van der Waals surface area contributed by atoms with Crippen molar-refractivity contribution >= 4 is 17.3 Å². The van der Waals surface area contributed by atoms with Crippen molar-refractivity contribution in [1.82, 2.24) is 4.98 Å². The second-order valence-electron chi connectivity index (χ2n) is 5.11. The molecule has 2 saturated carbocycles. The number of aromatic nitrogens is 1. The first-order valence-electron chi connectivity index (χ1n) is 6.14. The maximum Gasteiger partial charge on any atom is 0.129 e. The van der Waals surface area contributed by atoms with Crippen molar-refractivity contribution in [3.05, 3.63) is 23.0 Å². The first-order chi connectivity index (χ1) is 7.74. The Hall–Kier alpha value is -0.760. The fraction of sp³-hybridized carbons (Fsp3) is 0.615. The highest BCUT2D eigenvalue weighted by Gasteiger charge is 2.41. The van der Waals surface area contributed by atoms with E-state index in [-0.39, 0.29) is 0 Å². The van der Waals surface area contributed by atoms with E-state index in [0.717, 1.165) is 23.2 Å². The van der Waals surface area contributed by atoms with E-state index in [4.69, 9.17) is 11.6 Å². The monoisotopic (exact) mass is 236 g/mol. The maximum atomic E-state index is 5.86. The lowest BCUT2D eigenvalue weighted by molar-refractivity contribution is 0.567. The van der Waals surface area contributed by atoms with Crippen LogP contribution in [-0.4, -0.2) is 11.0 Å². The highest BCUT2D eigenvalue weighted by atomic mass is 35.5. The molecule has 0 atom stereocenters. The fourth-order valence-electron chi connectivity index (χ4n) is 2.39. The minimum Gasteiger partial charge on any atom is -0.380 e. The highest BCUT2D eigenvalue weighted by molar-refractivity contribution is 6.29. The van der Waals surface area contributed by atoms with Crippen LogP contribution < -0.4 is 5.32 Å². The van der Waals surface area contributed by atoms with Gasteiger partial charge in [-0.1, -0.05) is 11.6 Å². The molecule has 0 aromatic carbocycles. The summed E-state index contributed by atoms with van der Waals surface area (Å²) in [4.78, 5) is 4.29. The third kappa shape index (κ3) is 2.17. The molecule has 1 aromatic rings. The molecule has 2 fully saturated rings. The summed E-state index contributed by atoms with van der Waals surface area (Å²) in [5, 5.41) is 4.26. The number of rotatable bonds is 4. The molecular weight excluding hydrogens is 220 g/mol. The average molecular weight is 237 g/mol. The van der Waals surface area contributed by atoms with E-state index in [1.807, 2.05) is 13.0 Å². The molecule has 0 bridgehead atoms. The summed E-state index contributed by atoms with van der Waals surface area (Å²) < 4.78 is 0. The Morgan fingerprint density at radius 1 is 1.25 bits per heavy atom. The van der Waals surface area contributed by atoms with Gasteiger partial charge < -0.3 is 5.32 Å². The summed E-state index contributed by atoms with van der Waals surface area (Å²) in [5.41, 5.74) is 2.17. The minimum absolute atomic E-state index is 0.581. The minimum atomic E-state index is 0.581. The Labute approximate surface area is 101 Å². The SMILES string of the molecule is Cc1nc(Cl)ccc1NC(C1CC1)C1CC1. The first-order valence-corrected chi connectivity index (χ1v) is 6.51.